The van der Waals surface area contributed by atoms with E-state index in [-0.39, 0.29) is 5.91 Å². The van der Waals surface area contributed by atoms with Crippen LogP contribution in [0.4, 0.5) is 5.82 Å². The fraction of sp³-hybridized carbons (Fsp3) is 0.538. The summed E-state index contributed by atoms with van der Waals surface area (Å²) in [6.45, 7) is 8.26. The van der Waals surface area contributed by atoms with Gasteiger partial charge in [0.25, 0.3) is 5.91 Å². The van der Waals surface area contributed by atoms with Gasteiger partial charge in [-0.15, -0.1) is 0 Å². The zero-order valence-corrected chi connectivity index (χ0v) is 19.1. The fourth-order valence-corrected chi connectivity index (χ4v) is 4.25. The minimum absolute atomic E-state index is 0.0212. The van der Waals surface area contributed by atoms with Crippen LogP contribution in [0.3, 0.4) is 0 Å². The van der Waals surface area contributed by atoms with Crippen LogP contribution in [-0.2, 0) is 6.54 Å². The number of anilines is 1. The van der Waals surface area contributed by atoms with Gasteiger partial charge >= 0.3 is 0 Å². The number of amides is 1. The number of carbonyl (C=O) groups excluding carboxylic acids is 1. The first-order chi connectivity index (χ1) is 15.2. The Labute approximate surface area is 187 Å². The van der Waals surface area contributed by atoms with E-state index >= 15 is 0 Å². The van der Waals surface area contributed by atoms with Gasteiger partial charge in [-0.1, -0.05) is 63.4 Å². The molecule has 5 heteroatoms. The monoisotopic (exact) mass is 422 g/mol. The number of unbranched alkanes of at least 4 members (excludes halogenated alkanes) is 1. The first-order valence-electron chi connectivity index (χ1n) is 12.0. The maximum Gasteiger partial charge on any atom is 0.255 e. The average molecular weight is 423 g/mol. The van der Waals surface area contributed by atoms with Crippen molar-refractivity contribution in [3.05, 3.63) is 59.8 Å². The second-order valence-corrected chi connectivity index (χ2v) is 8.71. The highest BCUT2D eigenvalue weighted by Crippen LogP contribution is 2.20. The molecular weight excluding hydrogens is 384 g/mol. The number of hydrogen-bond acceptors (Lipinski definition) is 4. The summed E-state index contributed by atoms with van der Waals surface area (Å²) in [5, 5.41) is 6.70. The van der Waals surface area contributed by atoms with Gasteiger partial charge in [0.05, 0.1) is 5.56 Å². The molecule has 2 aromatic rings. The zero-order valence-electron chi connectivity index (χ0n) is 19.1. The third-order valence-corrected chi connectivity index (χ3v) is 6.32. The molecule has 1 aromatic heterocycles. The number of aromatic nitrogens is 1. The molecule has 1 amide bonds. The maximum absolute atomic E-state index is 12.9. The predicted octanol–water partition coefficient (Wildman–Crippen LogP) is 5.10. The van der Waals surface area contributed by atoms with Gasteiger partial charge in [-0.2, -0.15) is 0 Å². The van der Waals surface area contributed by atoms with E-state index in [4.69, 9.17) is 0 Å². The lowest BCUT2D eigenvalue weighted by Crippen LogP contribution is -2.39. The van der Waals surface area contributed by atoms with Crippen molar-refractivity contribution in [3.8, 4) is 0 Å². The van der Waals surface area contributed by atoms with Crippen LogP contribution in [0.15, 0.2) is 48.7 Å². The predicted molar refractivity (Wildman–Crippen MR) is 128 cm³/mol. The van der Waals surface area contributed by atoms with Gasteiger partial charge in [-0.05, 0) is 42.9 Å². The Balaban J connectivity index is 1.50. The first-order valence-corrected chi connectivity index (χ1v) is 12.0. The lowest BCUT2D eigenvalue weighted by Gasteiger charge is -2.33. The van der Waals surface area contributed by atoms with Crippen molar-refractivity contribution in [1.29, 1.82) is 0 Å². The molecule has 0 spiro atoms. The normalized spacial score (nSPS) is 16.1. The number of nitrogens with one attached hydrogen (secondary N) is 2. The van der Waals surface area contributed by atoms with Gasteiger partial charge in [0.1, 0.15) is 5.82 Å². The Morgan fingerprint density at radius 1 is 1.13 bits per heavy atom. The van der Waals surface area contributed by atoms with Gasteiger partial charge in [0.15, 0.2) is 0 Å². The summed E-state index contributed by atoms with van der Waals surface area (Å²) in [5.41, 5.74) is 2.02. The summed E-state index contributed by atoms with van der Waals surface area (Å²) in [7, 11) is 0. The molecule has 1 aromatic carbocycles. The smallest absolute Gasteiger partial charge is 0.255 e. The van der Waals surface area contributed by atoms with Crippen molar-refractivity contribution >= 4 is 11.7 Å². The Bertz CT molecular complexity index is 787. The third kappa shape index (κ3) is 7.35. The Morgan fingerprint density at radius 2 is 1.90 bits per heavy atom. The molecule has 5 nitrogen and oxygen atoms in total. The molecule has 2 N–H and O–H groups in total. The van der Waals surface area contributed by atoms with Crippen molar-refractivity contribution in [3.63, 3.8) is 0 Å². The SMILES string of the molecule is CCCCC(CC)CNC(=O)c1cccnc1NC1CCN(Cc2ccccc2)CC1. The molecule has 1 fully saturated rings. The highest BCUT2D eigenvalue weighted by molar-refractivity contribution is 5.98. The van der Waals surface area contributed by atoms with Crippen molar-refractivity contribution in [1.82, 2.24) is 15.2 Å². The summed E-state index contributed by atoms with van der Waals surface area (Å²) < 4.78 is 0. The van der Waals surface area contributed by atoms with Crippen molar-refractivity contribution in [2.75, 3.05) is 25.0 Å². The van der Waals surface area contributed by atoms with E-state index in [0.29, 0.717) is 23.3 Å². The van der Waals surface area contributed by atoms with Gasteiger partial charge in [-0.25, -0.2) is 4.98 Å². The molecule has 3 rings (SSSR count). The first kappa shape index (κ1) is 23.3. The number of likely N-dealkylation sites (tertiary alicyclic amines) is 1. The van der Waals surface area contributed by atoms with Crippen molar-refractivity contribution in [2.24, 2.45) is 5.92 Å². The summed E-state index contributed by atoms with van der Waals surface area (Å²) in [4.78, 5) is 19.8. The van der Waals surface area contributed by atoms with E-state index in [2.05, 4.69) is 64.7 Å². The summed E-state index contributed by atoms with van der Waals surface area (Å²) in [5.74, 6) is 1.24. The summed E-state index contributed by atoms with van der Waals surface area (Å²) in [6, 6.07) is 14.7. The average Bonchev–Trinajstić information content (AvgIpc) is 2.81. The van der Waals surface area contributed by atoms with Crippen LogP contribution >= 0.6 is 0 Å². The molecule has 1 saturated heterocycles. The van der Waals surface area contributed by atoms with E-state index in [1.807, 2.05) is 12.1 Å². The summed E-state index contributed by atoms with van der Waals surface area (Å²) >= 11 is 0. The highest BCUT2D eigenvalue weighted by atomic mass is 16.1. The molecule has 0 saturated carbocycles. The number of rotatable bonds is 11. The number of pyridine rings is 1. The molecule has 0 aliphatic carbocycles. The molecule has 168 valence electrons. The second kappa shape index (κ2) is 12.5. The number of piperidine rings is 1. The van der Waals surface area contributed by atoms with Crippen LogP contribution in [0.25, 0.3) is 0 Å². The molecule has 0 bridgehead atoms. The second-order valence-electron chi connectivity index (χ2n) is 8.71. The van der Waals surface area contributed by atoms with Crippen molar-refractivity contribution in [2.45, 2.75) is 65.0 Å². The molecule has 0 radical (unpaired) electrons. The number of carbonyl (C=O) groups is 1. The molecule has 1 unspecified atom stereocenters. The Kier molecular flexibility index (Phi) is 9.35. The third-order valence-electron chi connectivity index (χ3n) is 6.32. The molecule has 31 heavy (non-hydrogen) atoms. The molecule has 1 aliphatic rings. The lowest BCUT2D eigenvalue weighted by molar-refractivity contribution is 0.0946. The quantitative estimate of drug-likeness (QED) is 0.529. The maximum atomic E-state index is 12.9. The van der Waals surface area contributed by atoms with Crippen LogP contribution < -0.4 is 10.6 Å². The van der Waals surface area contributed by atoms with Crippen LogP contribution in [0, 0.1) is 5.92 Å². The number of benzene rings is 1. The molecule has 1 atom stereocenters. The van der Waals surface area contributed by atoms with Gasteiger partial charge in [0.2, 0.25) is 0 Å². The minimum atomic E-state index is -0.0212. The molecule has 1 aliphatic heterocycles. The topological polar surface area (TPSA) is 57.3 Å². The van der Waals surface area contributed by atoms with Crippen molar-refractivity contribution < 1.29 is 4.79 Å². The van der Waals surface area contributed by atoms with Gasteiger partial charge < -0.3 is 10.6 Å². The van der Waals surface area contributed by atoms with Crippen LogP contribution in [0.5, 0.6) is 0 Å². The van der Waals surface area contributed by atoms with E-state index in [0.717, 1.165) is 45.4 Å². The van der Waals surface area contributed by atoms with E-state index in [1.165, 1.54) is 24.8 Å². The standard InChI is InChI=1S/C26H38N4O/c1-3-5-10-21(4-2)19-28-26(31)24-13-9-16-27-25(24)29-23-14-17-30(18-15-23)20-22-11-7-6-8-12-22/h6-9,11-13,16,21,23H,3-5,10,14-15,17-20H2,1-2H3,(H,27,29)(H,28,31). The lowest BCUT2D eigenvalue weighted by atomic mass is 9.99. The Morgan fingerprint density at radius 3 is 2.61 bits per heavy atom. The fourth-order valence-electron chi connectivity index (χ4n) is 4.25. The number of nitrogens with zero attached hydrogens (tertiary/aromatic N) is 2. The number of hydrogen-bond donors (Lipinski definition) is 2. The molecular formula is C26H38N4O. The molecule has 2 heterocycles. The zero-order chi connectivity index (χ0) is 21.9. The van der Waals surface area contributed by atoms with Crippen LogP contribution in [0.1, 0.15) is 68.3 Å². The summed E-state index contributed by atoms with van der Waals surface area (Å²) in [6.07, 6.45) is 8.56. The van der Waals surface area contributed by atoms with Gasteiger partial charge in [0, 0.05) is 38.4 Å². The van der Waals surface area contributed by atoms with E-state index in [9.17, 15) is 4.79 Å². The van der Waals surface area contributed by atoms with Crippen LogP contribution in [-0.4, -0.2) is 41.5 Å². The van der Waals surface area contributed by atoms with E-state index < -0.39 is 0 Å². The minimum Gasteiger partial charge on any atom is -0.367 e. The Hall–Kier alpha value is -2.40. The van der Waals surface area contributed by atoms with Crippen LogP contribution in [0.2, 0.25) is 0 Å². The largest absolute Gasteiger partial charge is 0.367 e. The van der Waals surface area contributed by atoms with Gasteiger partial charge in [-0.3, -0.25) is 9.69 Å². The van der Waals surface area contributed by atoms with E-state index in [1.54, 1.807) is 6.20 Å². The highest BCUT2D eigenvalue weighted by Gasteiger charge is 2.22.